The summed E-state index contributed by atoms with van der Waals surface area (Å²) in [6.07, 6.45) is 1.78. The van der Waals surface area contributed by atoms with Crippen LogP contribution in [-0.2, 0) is 9.59 Å². The first-order valence-electron chi connectivity index (χ1n) is 11.8. The lowest BCUT2D eigenvalue weighted by atomic mass is 9.68. The van der Waals surface area contributed by atoms with Gasteiger partial charge in [-0.2, -0.15) is 0 Å². The number of phenols is 1. The van der Waals surface area contributed by atoms with Gasteiger partial charge in [0.2, 0.25) is 11.8 Å². The molecule has 1 heterocycles. The van der Waals surface area contributed by atoms with E-state index in [1.165, 1.54) is 7.05 Å². The Bertz CT molecular complexity index is 1160. The maximum absolute atomic E-state index is 12.8. The topological polar surface area (TPSA) is 118 Å². The summed E-state index contributed by atoms with van der Waals surface area (Å²) in [5, 5.41) is 41.8. The van der Waals surface area contributed by atoms with E-state index in [1.807, 2.05) is 48.5 Å². The van der Waals surface area contributed by atoms with E-state index in [1.54, 1.807) is 12.1 Å². The Morgan fingerprint density at radius 3 is 2.40 bits per heavy atom. The Kier molecular flexibility index (Phi) is 7.50. The van der Waals surface area contributed by atoms with Crippen LogP contribution in [0.5, 0.6) is 5.75 Å². The molecule has 1 fully saturated rings. The third kappa shape index (κ3) is 4.80. The molecule has 7 heteroatoms. The fourth-order valence-electron chi connectivity index (χ4n) is 5.46. The lowest BCUT2D eigenvalue weighted by molar-refractivity contribution is -0.138. The number of carbonyl (C=O) groups is 2. The molecule has 1 saturated heterocycles. The number of rotatable bonds is 8. The quantitative estimate of drug-likeness (QED) is 0.264. The molecule has 184 valence electrons. The van der Waals surface area contributed by atoms with Crippen LogP contribution in [0.2, 0.25) is 0 Å². The van der Waals surface area contributed by atoms with Crippen LogP contribution in [0.25, 0.3) is 11.6 Å². The Labute approximate surface area is 204 Å². The third-order valence-corrected chi connectivity index (χ3v) is 7.25. The molecule has 1 aliphatic carbocycles. The van der Waals surface area contributed by atoms with Crippen LogP contribution in [0.1, 0.15) is 30.4 Å². The minimum absolute atomic E-state index is 0.152. The van der Waals surface area contributed by atoms with Crippen LogP contribution in [0.4, 0.5) is 0 Å². The molecule has 2 aromatic carbocycles. The zero-order valence-corrected chi connectivity index (χ0v) is 19.7. The number of amides is 2. The van der Waals surface area contributed by atoms with Gasteiger partial charge in [-0.25, -0.2) is 0 Å². The second kappa shape index (κ2) is 10.6. The largest absolute Gasteiger partial charge is 0.507 e. The van der Waals surface area contributed by atoms with Gasteiger partial charge in [0.25, 0.3) is 0 Å². The van der Waals surface area contributed by atoms with Gasteiger partial charge in [0.15, 0.2) is 0 Å². The van der Waals surface area contributed by atoms with Crippen molar-refractivity contribution in [2.45, 2.75) is 25.4 Å². The molecule has 0 aromatic heterocycles. The SMILES string of the molecule is CN1C(=O)[C@@H]2[C@@H](CC(CO)=C([C@H](O)CC/C(=C/c3ccccc3O)c3ccccc3)[C@@H]2CO)C1=O. The van der Waals surface area contributed by atoms with Gasteiger partial charge in [-0.3, -0.25) is 14.5 Å². The first-order valence-corrected chi connectivity index (χ1v) is 11.8. The van der Waals surface area contributed by atoms with E-state index in [2.05, 4.69) is 0 Å². The van der Waals surface area contributed by atoms with Gasteiger partial charge < -0.3 is 20.4 Å². The molecule has 0 radical (unpaired) electrons. The second-order valence-corrected chi connectivity index (χ2v) is 9.23. The predicted octanol–water partition coefficient (Wildman–Crippen LogP) is 2.61. The standard InChI is InChI=1S/C28H31NO6/c1-29-27(34)21-14-20(15-30)25(22(16-31)26(21)28(29)35)24(33)12-11-18(17-7-3-2-4-8-17)13-19-9-5-6-10-23(19)32/h2-10,13,21-22,24,26,30-33H,11-12,14-16H2,1H3/b18-13-/t21-,22+,24-,26-/m1/s1. The van der Waals surface area contributed by atoms with E-state index in [0.29, 0.717) is 23.1 Å². The molecule has 4 rings (SSSR count). The molecular formula is C28H31NO6. The number of imide groups is 1. The average molecular weight is 478 g/mol. The van der Waals surface area contributed by atoms with E-state index < -0.39 is 30.5 Å². The first kappa shape index (κ1) is 24.9. The monoisotopic (exact) mass is 477 g/mol. The first-order chi connectivity index (χ1) is 16.9. The number of allylic oxidation sites excluding steroid dienone is 1. The number of nitrogens with zero attached hydrogens (tertiary/aromatic N) is 1. The molecule has 2 aromatic rings. The fourth-order valence-corrected chi connectivity index (χ4v) is 5.46. The van der Waals surface area contributed by atoms with Crippen molar-refractivity contribution in [1.29, 1.82) is 0 Å². The van der Waals surface area contributed by atoms with Crippen LogP contribution < -0.4 is 0 Å². The molecule has 0 saturated carbocycles. The van der Waals surface area contributed by atoms with Crippen molar-refractivity contribution in [2.24, 2.45) is 17.8 Å². The van der Waals surface area contributed by atoms with Gasteiger partial charge >= 0.3 is 0 Å². The minimum Gasteiger partial charge on any atom is -0.507 e. The van der Waals surface area contributed by atoms with Crippen molar-refractivity contribution >= 4 is 23.5 Å². The smallest absolute Gasteiger partial charge is 0.233 e. The number of hydrogen-bond acceptors (Lipinski definition) is 6. The predicted molar refractivity (Wildman–Crippen MR) is 132 cm³/mol. The van der Waals surface area contributed by atoms with Crippen LogP contribution in [0.3, 0.4) is 0 Å². The molecule has 7 nitrogen and oxygen atoms in total. The van der Waals surface area contributed by atoms with Crippen molar-refractivity contribution in [1.82, 2.24) is 4.90 Å². The molecular weight excluding hydrogens is 446 g/mol. The van der Waals surface area contributed by atoms with Crippen LogP contribution in [-0.4, -0.2) is 63.5 Å². The molecule has 1 aliphatic heterocycles. The number of phenolic OH excluding ortho intramolecular Hbond substituents is 1. The van der Waals surface area contributed by atoms with E-state index in [-0.39, 0.29) is 37.0 Å². The van der Waals surface area contributed by atoms with E-state index in [9.17, 15) is 30.0 Å². The highest BCUT2D eigenvalue weighted by Crippen LogP contribution is 2.45. The Morgan fingerprint density at radius 1 is 1.06 bits per heavy atom. The zero-order chi connectivity index (χ0) is 25.1. The number of likely N-dealkylation sites (tertiary alicyclic amines) is 1. The van der Waals surface area contributed by atoms with Crippen molar-refractivity contribution < 1.29 is 30.0 Å². The lowest BCUT2D eigenvalue weighted by Gasteiger charge is -2.36. The molecule has 4 atom stereocenters. The highest BCUT2D eigenvalue weighted by molar-refractivity contribution is 6.05. The van der Waals surface area contributed by atoms with Crippen LogP contribution in [0, 0.1) is 17.8 Å². The van der Waals surface area contributed by atoms with Gasteiger partial charge in [-0.1, -0.05) is 48.5 Å². The molecule has 0 spiro atoms. The van der Waals surface area contributed by atoms with E-state index in [4.69, 9.17) is 0 Å². The van der Waals surface area contributed by atoms with Crippen molar-refractivity contribution in [2.75, 3.05) is 20.3 Å². The van der Waals surface area contributed by atoms with Crippen molar-refractivity contribution in [3.63, 3.8) is 0 Å². The lowest BCUT2D eigenvalue weighted by Crippen LogP contribution is -2.39. The number of benzene rings is 2. The molecule has 0 unspecified atom stereocenters. The summed E-state index contributed by atoms with van der Waals surface area (Å²) < 4.78 is 0. The fraction of sp³-hybridized carbons (Fsp3) is 0.357. The minimum atomic E-state index is -1.01. The maximum Gasteiger partial charge on any atom is 0.233 e. The van der Waals surface area contributed by atoms with E-state index >= 15 is 0 Å². The van der Waals surface area contributed by atoms with E-state index in [0.717, 1.165) is 16.0 Å². The molecule has 35 heavy (non-hydrogen) atoms. The average Bonchev–Trinajstić information content (AvgIpc) is 3.10. The van der Waals surface area contributed by atoms with Gasteiger partial charge in [0.05, 0.1) is 31.2 Å². The van der Waals surface area contributed by atoms with Gasteiger partial charge in [0.1, 0.15) is 5.75 Å². The maximum atomic E-state index is 12.8. The zero-order valence-electron chi connectivity index (χ0n) is 19.7. The Hall–Kier alpha value is -3.26. The van der Waals surface area contributed by atoms with Gasteiger partial charge in [0, 0.05) is 18.5 Å². The summed E-state index contributed by atoms with van der Waals surface area (Å²) in [5.74, 6) is -2.60. The number of carbonyl (C=O) groups excluding carboxylic acids is 2. The second-order valence-electron chi connectivity index (χ2n) is 9.23. The Balaban J connectivity index is 1.63. The summed E-state index contributed by atoms with van der Waals surface area (Å²) >= 11 is 0. The summed E-state index contributed by atoms with van der Waals surface area (Å²) in [6, 6.07) is 16.7. The number of aliphatic hydroxyl groups is 3. The number of para-hydroxylation sites is 1. The summed E-state index contributed by atoms with van der Waals surface area (Å²) in [4.78, 5) is 26.4. The third-order valence-electron chi connectivity index (χ3n) is 7.25. The molecule has 4 N–H and O–H groups in total. The molecule has 0 bridgehead atoms. The highest BCUT2D eigenvalue weighted by atomic mass is 16.3. The van der Waals surface area contributed by atoms with Crippen molar-refractivity contribution in [3.05, 3.63) is 76.9 Å². The van der Waals surface area contributed by atoms with Crippen LogP contribution in [0.15, 0.2) is 65.7 Å². The number of hydrogen-bond donors (Lipinski definition) is 4. The summed E-state index contributed by atoms with van der Waals surface area (Å²) in [5.41, 5.74) is 3.48. The highest BCUT2D eigenvalue weighted by Gasteiger charge is 2.53. The normalized spacial score (nSPS) is 23.6. The van der Waals surface area contributed by atoms with Gasteiger partial charge in [-0.05, 0) is 53.7 Å². The molecule has 2 amide bonds. The number of fused-ring (bicyclic) bond motifs is 1. The number of aliphatic hydroxyl groups excluding tert-OH is 3. The molecule has 2 aliphatic rings. The number of aromatic hydroxyl groups is 1. The summed E-state index contributed by atoms with van der Waals surface area (Å²) in [6.45, 7) is -0.750. The van der Waals surface area contributed by atoms with Crippen LogP contribution >= 0.6 is 0 Å². The van der Waals surface area contributed by atoms with Crippen molar-refractivity contribution in [3.8, 4) is 5.75 Å². The Morgan fingerprint density at radius 2 is 1.74 bits per heavy atom. The van der Waals surface area contributed by atoms with Gasteiger partial charge in [-0.15, -0.1) is 0 Å². The summed E-state index contributed by atoms with van der Waals surface area (Å²) in [7, 11) is 1.43.